The minimum absolute atomic E-state index is 0.0563. The first-order valence-corrected chi connectivity index (χ1v) is 6.80. The fourth-order valence-corrected chi connectivity index (χ4v) is 2.65. The van der Waals surface area contributed by atoms with Gasteiger partial charge >= 0.3 is 0 Å². The predicted molar refractivity (Wildman–Crippen MR) is 73.4 cm³/mol. The molecule has 2 unspecified atom stereocenters. The summed E-state index contributed by atoms with van der Waals surface area (Å²) in [7, 11) is 1.85. The number of morpholine rings is 1. The summed E-state index contributed by atoms with van der Waals surface area (Å²) in [6.07, 6.45) is 2.21. The van der Waals surface area contributed by atoms with Gasteiger partial charge in [0.05, 0.1) is 17.8 Å². The van der Waals surface area contributed by atoms with Crippen LogP contribution >= 0.6 is 0 Å². The van der Waals surface area contributed by atoms with Crippen LogP contribution in [-0.2, 0) is 4.74 Å². The Labute approximate surface area is 111 Å². The highest BCUT2D eigenvalue weighted by atomic mass is 16.5. The van der Waals surface area contributed by atoms with Crippen LogP contribution in [0.3, 0.4) is 0 Å². The third-order valence-electron chi connectivity index (χ3n) is 3.59. The molecule has 1 fully saturated rings. The fraction of sp³-hybridized carbons (Fsp3) is 0.929. The lowest BCUT2D eigenvalue weighted by molar-refractivity contribution is -0.128. The van der Waals surface area contributed by atoms with E-state index in [2.05, 4.69) is 37.1 Å². The normalized spacial score (nSPS) is 27.4. The SMILES string of the molecule is CNC(C)(C#N)CCCN1CC(C)OC(C)(C)C1. The second-order valence-corrected chi connectivity index (χ2v) is 6.22. The molecule has 0 aromatic heterocycles. The van der Waals surface area contributed by atoms with Gasteiger partial charge in [0, 0.05) is 13.1 Å². The van der Waals surface area contributed by atoms with Gasteiger partial charge in [0.25, 0.3) is 0 Å². The fourth-order valence-electron chi connectivity index (χ4n) is 2.65. The van der Waals surface area contributed by atoms with E-state index >= 15 is 0 Å². The van der Waals surface area contributed by atoms with Crippen molar-refractivity contribution in [2.45, 2.75) is 57.8 Å². The summed E-state index contributed by atoms with van der Waals surface area (Å²) in [5.74, 6) is 0. The number of ether oxygens (including phenoxy) is 1. The van der Waals surface area contributed by atoms with Crippen molar-refractivity contribution < 1.29 is 4.74 Å². The van der Waals surface area contributed by atoms with Crippen molar-refractivity contribution in [2.24, 2.45) is 0 Å². The van der Waals surface area contributed by atoms with Crippen LogP contribution in [0.5, 0.6) is 0 Å². The molecular formula is C14H27N3O. The minimum Gasteiger partial charge on any atom is -0.370 e. The van der Waals surface area contributed by atoms with Crippen LogP contribution in [0, 0.1) is 11.3 Å². The van der Waals surface area contributed by atoms with Crippen molar-refractivity contribution in [3.63, 3.8) is 0 Å². The Kier molecular flexibility index (Phi) is 5.15. The monoisotopic (exact) mass is 253 g/mol. The molecule has 1 aliphatic rings. The smallest absolute Gasteiger partial charge is 0.103 e. The van der Waals surface area contributed by atoms with Crippen molar-refractivity contribution in [1.82, 2.24) is 10.2 Å². The summed E-state index contributed by atoms with van der Waals surface area (Å²) in [4.78, 5) is 2.45. The highest BCUT2D eigenvalue weighted by molar-refractivity contribution is 5.02. The average molecular weight is 253 g/mol. The Morgan fingerprint density at radius 3 is 2.72 bits per heavy atom. The standard InChI is InChI=1S/C14H27N3O/c1-12-9-17(11-13(2,3)18-12)8-6-7-14(4,10-15)16-5/h12,16H,6-9,11H2,1-5H3. The van der Waals surface area contributed by atoms with E-state index in [-0.39, 0.29) is 5.60 Å². The molecule has 0 saturated carbocycles. The lowest BCUT2D eigenvalue weighted by atomic mass is 9.97. The first kappa shape index (κ1) is 15.4. The van der Waals surface area contributed by atoms with Crippen molar-refractivity contribution in [1.29, 1.82) is 5.26 Å². The Hall–Kier alpha value is -0.630. The van der Waals surface area contributed by atoms with E-state index in [0.29, 0.717) is 6.10 Å². The van der Waals surface area contributed by atoms with Crippen LogP contribution in [0.25, 0.3) is 0 Å². The van der Waals surface area contributed by atoms with Crippen LogP contribution in [-0.4, -0.2) is 48.8 Å². The van der Waals surface area contributed by atoms with Crippen LogP contribution in [0.1, 0.15) is 40.5 Å². The van der Waals surface area contributed by atoms with E-state index in [4.69, 9.17) is 10.00 Å². The molecule has 0 radical (unpaired) electrons. The van der Waals surface area contributed by atoms with Crippen LogP contribution in [0.2, 0.25) is 0 Å². The Balaban J connectivity index is 2.38. The number of hydrogen-bond acceptors (Lipinski definition) is 4. The van der Waals surface area contributed by atoms with Gasteiger partial charge in [-0.25, -0.2) is 0 Å². The number of nitrogens with one attached hydrogen (secondary N) is 1. The molecule has 0 spiro atoms. The van der Waals surface area contributed by atoms with Gasteiger partial charge in [-0.15, -0.1) is 0 Å². The van der Waals surface area contributed by atoms with Gasteiger partial charge in [-0.2, -0.15) is 5.26 Å². The van der Waals surface area contributed by atoms with Crippen LogP contribution in [0.15, 0.2) is 0 Å². The third kappa shape index (κ3) is 4.56. The Bertz CT molecular complexity index is 311. The molecule has 104 valence electrons. The zero-order chi connectivity index (χ0) is 13.8. The largest absolute Gasteiger partial charge is 0.370 e. The molecule has 0 bridgehead atoms. The summed E-state index contributed by atoms with van der Waals surface area (Å²) in [5.41, 5.74) is -0.452. The van der Waals surface area contributed by atoms with E-state index in [1.165, 1.54) is 0 Å². The number of hydrogen-bond donors (Lipinski definition) is 1. The van der Waals surface area contributed by atoms with E-state index in [1.807, 2.05) is 14.0 Å². The van der Waals surface area contributed by atoms with E-state index < -0.39 is 5.54 Å². The average Bonchev–Trinajstić information content (AvgIpc) is 2.26. The lowest BCUT2D eigenvalue weighted by Gasteiger charge is -2.42. The number of nitrogens with zero attached hydrogens (tertiary/aromatic N) is 2. The van der Waals surface area contributed by atoms with Crippen molar-refractivity contribution in [3.8, 4) is 6.07 Å². The molecule has 1 N–H and O–H groups in total. The van der Waals surface area contributed by atoms with Crippen molar-refractivity contribution in [2.75, 3.05) is 26.7 Å². The molecule has 0 aliphatic carbocycles. The molecule has 18 heavy (non-hydrogen) atoms. The molecule has 1 rings (SSSR count). The van der Waals surface area contributed by atoms with Gasteiger partial charge in [0.1, 0.15) is 5.54 Å². The summed E-state index contributed by atoms with van der Waals surface area (Å²) < 4.78 is 5.89. The quantitative estimate of drug-likeness (QED) is 0.811. The summed E-state index contributed by atoms with van der Waals surface area (Å²) in [6.45, 7) is 11.4. The maximum atomic E-state index is 9.10. The van der Waals surface area contributed by atoms with E-state index in [9.17, 15) is 0 Å². The Morgan fingerprint density at radius 1 is 1.56 bits per heavy atom. The van der Waals surface area contributed by atoms with Crippen molar-refractivity contribution >= 4 is 0 Å². The molecule has 1 aliphatic heterocycles. The highest BCUT2D eigenvalue weighted by Gasteiger charge is 2.31. The molecule has 0 amide bonds. The lowest BCUT2D eigenvalue weighted by Crippen LogP contribution is -2.52. The first-order valence-electron chi connectivity index (χ1n) is 6.80. The molecule has 4 heteroatoms. The minimum atomic E-state index is -0.395. The molecule has 0 aromatic carbocycles. The maximum Gasteiger partial charge on any atom is 0.103 e. The van der Waals surface area contributed by atoms with E-state index in [0.717, 1.165) is 32.5 Å². The Morgan fingerprint density at radius 2 is 2.22 bits per heavy atom. The number of rotatable bonds is 5. The van der Waals surface area contributed by atoms with Gasteiger partial charge in [0.15, 0.2) is 0 Å². The second-order valence-electron chi connectivity index (χ2n) is 6.22. The van der Waals surface area contributed by atoms with E-state index in [1.54, 1.807) is 0 Å². The molecular weight excluding hydrogens is 226 g/mol. The second kappa shape index (κ2) is 6.01. The van der Waals surface area contributed by atoms with Gasteiger partial charge < -0.3 is 10.1 Å². The predicted octanol–water partition coefficient (Wildman–Crippen LogP) is 1.77. The molecule has 1 heterocycles. The molecule has 0 aromatic rings. The summed E-state index contributed by atoms with van der Waals surface area (Å²) in [6, 6.07) is 2.34. The van der Waals surface area contributed by atoms with Crippen LogP contribution in [0.4, 0.5) is 0 Å². The van der Waals surface area contributed by atoms with Gasteiger partial charge in [-0.05, 0) is 54.1 Å². The molecule has 1 saturated heterocycles. The highest BCUT2D eigenvalue weighted by Crippen LogP contribution is 2.21. The molecule has 4 nitrogen and oxygen atoms in total. The zero-order valence-electron chi connectivity index (χ0n) is 12.4. The maximum absolute atomic E-state index is 9.10. The zero-order valence-corrected chi connectivity index (χ0v) is 12.4. The van der Waals surface area contributed by atoms with Gasteiger partial charge in [0.2, 0.25) is 0 Å². The van der Waals surface area contributed by atoms with Crippen molar-refractivity contribution in [3.05, 3.63) is 0 Å². The molecule has 2 atom stereocenters. The van der Waals surface area contributed by atoms with Crippen LogP contribution < -0.4 is 5.32 Å². The van der Waals surface area contributed by atoms with Gasteiger partial charge in [-0.3, -0.25) is 4.90 Å². The number of nitriles is 1. The summed E-state index contributed by atoms with van der Waals surface area (Å²) >= 11 is 0. The van der Waals surface area contributed by atoms with Gasteiger partial charge in [-0.1, -0.05) is 0 Å². The third-order valence-corrected chi connectivity index (χ3v) is 3.59. The summed E-state index contributed by atoms with van der Waals surface area (Å²) in [5, 5.41) is 12.2. The first-order chi connectivity index (χ1) is 8.30. The topological polar surface area (TPSA) is 48.3 Å².